The first-order valence-electron chi connectivity index (χ1n) is 6.32. The molecule has 0 saturated heterocycles. The molecule has 2 aromatic carbocycles. The number of ether oxygens (including phenoxy) is 1. The zero-order valence-corrected chi connectivity index (χ0v) is 11.0. The first kappa shape index (κ1) is 15.1. The summed E-state index contributed by atoms with van der Waals surface area (Å²) in [6.45, 7) is 0. The van der Waals surface area contributed by atoms with Crippen molar-refractivity contribution in [2.24, 2.45) is 0 Å². The maximum Gasteiger partial charge on any atom is 0.416 e. The third kappa shape index (κ3) is 4.34. The minimum absolute atomic E-state index is 0.232. The smallest absolute Gasteiger partial charge is 0.416 e. The molecule has 0 N–H and O–H groups in total. The molecule has 0 heterocycles. The predicted molar refractivity (Wildman–Crippen MR) is 72.1 cm³/mol. The molecule has 0 amide bonds. The third-order valence-electron chi connectivity index (χ3n) is 2.90. The molecule has 1 unspecified atom stereocenters. The van der Waals surface area contributed by atoms with Gasteiger partial charge in [-0.05, 0) is 29.8 Å². The second-order valence-corrected chi connectivity index (χ2v) is 4.50. The van der Waals surface area contributed by atoms with Crippen LogP contribution >= 0.6 is 0 Å². The van der Waals surface area contributed by atoms with Crippen LogP contribution in [0.5, 0.6) is 5.75 Å². The van der Waals surface area contributed by atoms with Crippen LogP contribution in [-0.2, 0) is 17.4 Å². The molecule has 0 aliphatic heterocycles. The van der Waals surface area contributed by atoms with E-state index in [0.717, 1.165) is 17.7 Å². The number of rotatable bonds is 5. The highest BCUT2D eigenvalue weighted by atomic mass is 19.4. The molecule has 0 saturated carbocycles. The standard InChI is InChI=1S/C16H13F3O2/c17-16(18,19)13-6-8-14(9-7-13)21-15(11-20)10-12-4-2-1-3-5-12/h1-9,11,15H,10H2. The lowest BCUT2D eigenvalue weighted by molar-refractivity contribution is -0.137. The molecule has 0 aliphatic rings. The molecular formula is C16H13F3O2. The first-order chi connectivity index (χ1) is 9.99. The fraction of sp³-hybridized carbons (Fsp3) is 0.188. The van der Waals surface area contributed by atoms with Crippen LogP contribution in [0, 0.1) is 0 Å². The molecule has 0 aromatic heterocycles. The summed E-state index contributed by atoms with van der Waals surface area (Å²) < 4.78 is 42.7. The van der Waals surface area contributed by atoms with Crippen molar-refractivity contribution < 1.29 is 22.7 Å². The molecule has 2 aromatic rings. The molecule has 0 bridgehead atoms. The van der Waals surface area contributed by atoms with Gasteiger partial charge in [-0.15, -0.1) is 0 Å². The molecule has 2 rings (SSSR count). The lowest BCUT2D eigenvalue weighted by Gasteiger charge is -2.14. The highest BCUT2D eigenvalue weighted by Crippen LogP contribution is 2.30. The fourth-order valence-electron chi connectivity index (χ4n) is 1.86. The Kier molecular flexibility index (Phi) is 4.62. The topological polar surface area (TPSA) is 26.3 Å². The first-order valence-corrected chi connectivity index (χ1v) is 6.32. The van der Waals surface area contributed by atoms with Crippen LogP contribution in [0.1, 0.15) is 11.1 Å². The van der Waals surface area contributed by atoms with E-state index in [1.54, 1.807) is 0 Å². The average Bonchev–Trinajstić information content (AvgIpc) is 2.47. The molecule has 2 nitrogen and oxygen atoms in total. The Morgan fingerprint density at radius 3 is 2.14 bits per heavy atom. The van der Waals surface area contributed by atoms with Crippen LogP contribution < -0.4 is 4.74 Å². The van der Waals surface area contributed by atoms with E-state index in [2.05, 4.69) is 0 Å². The van der Waals surface area contributed by atoms with Crippen LogP contribution in [0.2, 0.25) is 0 Å². The number of hydrogen-bond donors (Lipinski definition) is 0. The summed E-state index contributed by atoms with van der Waals surface area (Å²) in [5.41, 5.74) is 0.169. The van der Waals surface area contributed by atoms with Gasteiger partial charge in [0.15, 0.2) is 12.4 Å². The van der Waals surface area contributed by atoms with Crippen LogP contribution in [-0.4, -0.2) is 12.4 Å². The molecule has 21 heavy (non-hydrogen) atoms. The SMILES string of the molecule is O=CC(Cc1ccccc1)Oc1ccc(C(F)(F)F)cc1. The summed E-state index contributed by atoms with van der Waals surface area (Å²) in [5, 5.41) is 0. The molecule has 5 heteroatoms. The average molecular weight is 294 g/mol. The van der Waals surface area contributed by atoms with Gasteiger partial charge in [0.2, 0.25) is 0 Å². The Balaban J connectivity index is 2.03. The van der Waals surface area contributed by atoms with Crippen molar-refractivity contribution in [2.45, 2.75) is 18.7 Å². The number of benzene rings is 2. The third-order valence-corrected chi connectivity index (χ3v) is 2.90. The summed E-state index contributed by atoms with van der Waals surface area (Å²) in [5.74, 6) is 0.232. The molecular weight excluding hydrogens is 281 g/mol. The molecule has 0 radical (unpaired) electrons. The van der Waals surface area contributed by atoms with E-state index in [1.165, 1.54) is 12.1 Å². The normalized spacial score (nSPS) is 12.7. The van der Waals surface area contributed by atoms with E-state index in [4.69, 9.17) is 4.74 Å². The highest BCUT2D eigenvalue weighted by Gasteiger charge is 2.30. The van der Waals surface area contributed by atoms with E-state index >= 15 is 0 Å². The number of halogens is 3. The van der Waals surface area contributed by atoms with Crippen molar-refractivity contribution in [1.82, 2.24) is 0 Å². The van der Waals surface area contributed by atoms with Gasteiger partial charge in [-0.1, -0.05) is 30.3 Å². The Morgan fingerprint density at radius 1 is 1.00 bits per heavy atom. The molecule has 0 aliphatic carbocycles. The fourth-order valence-corrected chi connectivity index (χ4v) is 1.86. The van der Waals surface area contributed by atoms with Gasteiger partial charge in [0.25, 0.3) is 0 Å². The molecule has 1 atom stereocenters. The van der Waals surface area contributed by atoms with Crippen LogP contribution in [0.25, 0.3) is 0 Å². The maximum absolute atomic E-state index is 12.4. The Labute approximate surface area is 120 Å². The monoisotopic (exact) mass is 294 g/mol. The van der Waals surface area contributed by atoms with Crippen molar-refractivity contribution in [1.29, 1.82) is 0 Å². The van der Waals surface area contributed by atoms with Crippen molar-refractivity contribution in [3.63, 3.8) is 0 Å². The van der Waals surface area contributed by atoms with Gasteiger partial charge in [-0.3, -0.25) is 4.79 Å². The zero-order valence-electron chi connectivity index (χ0n) is 11.0. The van der Waals surface area contributed by atoms with E-state index in [1.807, 2.05) is 30.3 Å². The van der Waals surface area contributed by atoms with Gasteiger partial charge in [0.1, 0.15) is 5.75 Å². The number of alkyl halides is 3. The van der Waals surface area contributed by atoms with Crippen LogP contribution in [0.3, 0.4) is 0 Å². The number of hydrogen-bond acceptors (Lipinski definition) is 2. The zero-order chi connectivity index (χ0) is 15.3. The summed E-state index contributed by atoms with van der Waals surface area (Å²) >= 11 is 0. The van der Waals surface area contributed by atoms with Gasteiger partial charge in [0, 0.05) is 6.42 Å². The largest absolute Gasteiger partial charge is 0.483 e. The highest BCUT2D eigenvalue weighted by molar-refractivity contribution is 5.57. The van der Waals surface area contributed by atoms with Crippen molar-refractivity contribution in [3.05, 3.63) is 65.7 Å². The summed E-state index contributed by atoms with van der Waals surface area (Å²) in [6, 6.07) is 13.5. The lowest BCUT2D eigenvalue weighted by Crippen LogP contribution is -2.21. The second kappa shape index (κ2) is 6.43. The van der Waals surface area contributed by atoms with Gasteiger partial charge >= 0.3 is 6.18 Å². The van der Waals surface area contributed by atoms with E-state index in [-0.39, 0.29) is 5.75 Å². The van der Waals surface area contributed by atoms with Crippen molar-refractivity contribution >= 4 is 6.29 Å². The molecule has 110 valence electrons. The Bertz CT molecular complexity index is 577. The lowest BCUT2D eigenvalue weighted by atomic mass is 10.1. The summed E-state index contributed by atoms with van der Waals surface area (Å²) in [7, 11) is 0. The van der Waals surface area contributed by atoms with E-state index in [9.17, 15) is 18.0 Å². The molecule has 0 fully saturated rings. The van der Waals surface area contributed by atoms with Gasteiger partial charge in [0.05, 0.1) is 5.56 Å². The second-order valence-electron chi connectivity index (χ2n) is 4.50. The maximum atomic E-state index is 12.4. The van der Waals surface area contributed by atoms with Crippen LogP contribution in [0.4, 0.5) is 13.2 Å². The van der Waals surface area contributed by atoms with Crippen molar-refractivity contribution in [2.75, 3.05) is 0 Å². The van der Waals surface area contributed by atoms with Crippen molar-refractivity contribution in [3.8, 4) is 5.75 Å². The Morgan fingerprint density at radius 2 is 1.62 bits per heavy atom. The van der Waals surface area contributed by atoms with Gasteiger partial charge in [-0.2, -0.15) is 13.2 Å². The summed E-state index contributed by atoms with van der Waals surface area (Å²) in [4.78, 5) is 11.0. The number of aldehydes is 1. The summed E-state index contributed by atoms with van der Waals surface area (Å²) in [6.07, 6.45) is -4.10. The quantitative estimate of drug-likeness (QED) is 0.782. The van der Waals surface area contributed by atoms with E-state index < -0.39 is 17.8 Å². The number of carbonyl (C=O) groups is 1. The minimum atomic E-state index is -4.38. The molecule has 0 spiro atoms. The van der Waals surface area contributed by atoms with Gasteiger partial charge in [-0.25, -0.2) is 0 Å². The Hall–Kier alpha value is -2.30. The number of carbonyl (C=O) groups excluding carboxylic acids is 1. The van der Waals surface area contributed by atoms with Gasteiger partial charge < -0.3 is 4.74 Å². The predicted octanol–water partition coefficient (Wildman–Crippen LogP) is 3.89. The minimum Gasteiger partial charge on any atom is -0.483 e. The van der Waals surface area contributed by atoms with E-state index in [0.29, 0.717) is 12.7 Å². The van der Waals surface area contributed by atoms with Crippen LogP contribution in [0.15, 0.2) is 54.6 Å².